The monoisotopic (exact) mass is 580 g/mol. The largest absolute Gasteiger partial charge is 0.477 e. The van der Waals surface area contributed by atoms with Gasteiger partial charge in [-0.3, -0.25) is 4.79 Å². The number of piperidine rings is 1. The smallest absolute Gasteiger partial charge is 0.418 e. The second-order valence-electron chi connectivity index (χ2n) is 11.2. The zero-order chi connectivity index (χ0) is 29.3. The van der Waals surface area contributed by atoms with Crippen molar-refractivity contribution in [2.75, 3.05) is 43.1 Å². The van der Waals surface area contributed by atoms with E-state index in [9.17, 15) is 27.9 Å². The van der Waals surface area contributed by atoms with Crippen molar-refractivity contribution in [1.82, 2.24) is 9.55 Å². The number of fused-ring (bicyclic) bond motifs is 2. The van der Waals surface area contributed by atoms with Crippen LogP contribution in [-0.4, -0.2) is 60.0 Å². The molecule has 0 bridgehead atoms. The number of carboxylic acids is 1. The standard InChI is InChI=1S/C30H27F3N4O5/c1-41-20-6-7-35(14-20)24-5-2-16(9-22(24)30(31,32)33)25-11-26(38)21(28(39)40)15-37(25)19-3-4-23-27(10-19)42-29(34-23)36-12-17-8-18(17)13-36/h2-5,9-11,15,17-18,20H,6-8,12-14H2,1H3,(H,39,40)/t17?,18?,20-/m1/s1. The number of methoxy groups -OCH3 is 1. The van der Waals surface area contributed by atoms with Gasteiger partial charge >= 0.3 is 12.1 Å². The molecule has 2 aliphatic heterocycles. The van der Waals surface area contributed by atoms with Crippen LogP contribution >= 0.6 is 0 Å². The highest BCUT2D eigenvalue weighted by Crippen LogP contribution is 2.46. The van der Waals surface area contributed by atoms with E-state index in [4.69, 9.17) is 9.15 Å². The van der Waals surface area contributed by atoms with Crippen molar-refractivity contribution >= 4 is 28.8 Å². The Morgan fingerprint density at radius 1 is 1.07 bits per heavy atom. The Morgan fingerprint density at radius 2 is 1.86 bits per heavy atom. The van der Waals surface area contributed by atoms with Gasteiger partial charge in [-0.25, -0.2) is 4.79 Å². The summed E-state index contributed by atoms with van der Waals surface area (Å²) in [6, 6.07) is 10.5. The summed E-state index contributed by atoms with van der Waals surface area (Å²) >= 11 is 0. The van der Waals surface area contributed by atoms with Gasteiger partial charge in [0.1, 0.15) is 11.1 Å². The molecule has 2 aromatic heterocycles. The van der Waals surface area contributed by atoms with Crippen molar-refractivity contribution in [3.05, 3.63) is 70.0 Å². The maximum Gasteiger partial charge on any atom is 0.418 e. The van der Waals surface area contributed by atoms with E-state index in [1.54, 1.807) is 23.1 Å². The molecule has 12 heteroatoms. The Balaban J connectivity index is 1.33. The van der Waals surface area contributed by atoms with Gasteiger partial charge < -0.3 is 28.6 Å². The van der Waals surface area contributed by atoms with E-state index >= 15 is 0 Å². The van der Waals surface area contributed by atoms with Crippen molar-refractivity contribution in [1.29, 1.82) is 0 Å². The fourth-order valence-electron chi connectivity index (χ4n) is 6.21. The number of benzene rings is 2. The minimum atomic E-state index is -4.67. The normalized spacial score (nSPS) is 21.8. The minimum absolute atomic E-state index is 0.0250. The molecule has 9 nitrogen and oxygen atoms in total. The number of aromatic nitrogens is 2. The number of nitrogens with zero attached hydrogens (tertiary/aromatic N) is 4. The van der Waals surface area contributed by atoms with Gasteiger partial charge in [0.25, 0.3) is 6.01 Å². The van der Waals surface area contributed by atoms with Crippen molar-refractivity contribution in [3.8, 4) is 16.9 Å². The second-order valence-corrected chi connectivity index (χ2v) is 11.2. The lowest BCUT2D eigenvalue weighted by Crippen LogP contribution is -2.25. The zero-order valence-corrected chi connectivity index (χ0v) is 22.6. The van der Waals surface area contributed by atoms with Crippen LogP contribution in [0.3, 0.4) is 0 Å². The highest BCUT2D eigenvalue weighted by Gasteiger charge is 2.46. The average molecular weight is 581 g/mol. The SMILES string of the molecule is CO[C@@H]1CCN(c2ccc(-c3cc(=O)c(C(=O)O)cn3-c3ccc4nc(N5CC6CC6C5)oc4c3)cc2C(F)(F)F)C1. The summed E-state index contributed by atoms with van der Waals surface area (Å²) in [5, 5.41) is 9.66. The number of halogens is 3. The number of aromatic carboxylic acids is 1. The first-order valence-corrected chi connectivity index (χ1v) is 13.7. The van der Waals surface area contributed by atoms with Crippen LogP contribution in [0.2, 0.25) is 0 Å². The topological polar surface area (TPSA) is 101 Å². The van der Waals surface area contributed by atoms with E-state index in [-0.39, 0.29) is 23.0 Å². The van der Waals surface area contributed by atoms with Crippen LogP contribution in [0.5, 0.6) is 0 Å². The Kier molecular flexibility index (Phi) is 6.08. The summed E-state index contributed by atoms with van der Waals surface area (Å²) in [4.78, 5) is 33.0. The average Bonchev–Trinajstić information content (AvgIpc) is 3.35. The van der Waals surface area contributed by atoms with Crippen LogP contribution in [0.25, 0.3) is 28.0 Å². The summed E-state index contributed by atoms with van der Waals surface area (Å²) < 4.78 is 55.8. The predicted molar refractivity (Wildman–Crippen MR) is 148 cm³/mol. The summed E-state index contributed by atoms with van der Waals surface area (Å²) in [6.45, 7) is 2.51. The summed E-state index contributed by atoms with van der Waals surface area (Å²) in [5.41, 5.74) is -0.486. The van der Waals surface area contributed by atoms with Gasteiger partial charge in [-0.05, 0) is 54.5 Å². The molecule has 0 spiro atoms. The zero-order valence-electron chi connectivity index (χ0n) is 22.6. The number of alkyl halides is 3. The Labute approximate surface area is 237 Å². The number of oxazole rings is 1. The van der Waals surface area contributed by atoms with Gasteiger partial charge in [-0.2, -0.15) is 18.2 Å². The van der Waals surface area contributed by atoms with E-state index in [1.807, 2.05) is 0 Å². The number of hydrogen-bond donors (Lipinski definition) is 1. The number of pyridine rings is 1. The number of carbonyl (C=O) groups is 1. The molecule has 2 unspecified atom stereocenters. The molecule has 2 aromatic carbocycles. The first kappa shape index (κ1) is 26.6. The quantitative estimate of drug-likeness (QED) is 0.339. The number of ether oxygens (including phenoxy) is 1. The van der Waals surface area contributed by atoms with Crippen LogP contribution in [0.15, 0.2) is 57.9 Å². The van der Waals surface area contributed by atoms with Crippen molar-refractivity contribution in [3.63, 3.8) is 0 Å². The van der Waals surface area contributed by atoms with Gasteiger partial charge in [-0.1, -0.05) is 6.07 Å². The molecule has 218 valence electrons. The molecule has 1 saturated carbocycles. The molecule has 4 heterocycles. The fourth-order valence-corrected chi connectivity index (χ4v) is 6.21. The summed E-state index contributed by atoms with van der Waals surface area (Å²) in [6.07, 6.45) is -1.87. The maximum atomic E-state index is 14.4. The van der Waals surface area contributed by atoms with Crippen LogP contribution in [0.4, 0.5) is 24.9 Å². The molecule has 1 N–H and O–H groups in total. The van der Waals surface area contributed by atoms with E-state index in [1.165, 1.54) is 30.2 Å². The van der Waals surface area contributed by atoms with Crippen LogP contribution in [0, 0.1) is 11.8 Å². The Morgan fingerprint density at radius 3 is 2.55 bits per heavy atom. The minimum Gasteiger partial charge on any atom is -0.477 e. The molecule has 3 fully saturated rings. The molecular weight excluding hydrogens is 553 g/mol. The van der Waals surface area contributed by atoms with Gasteiger partial charge in [0.15, 0.2) is 11.0 Å². The first-order chi connectivity index (χ1) is 20.1. The van der Waals surface area contributed by atoms with Crippen molar-refractivity contribution < 1.29 is 32.2 Å². The molecule has 3 atom stereocenters. The van der Waals surface area contributed by atoms with E-state index in [0.717, 1.165) is 31.4 Å². The lowest BCUT2D eigenvalue weighted by atomic mass is 10.0. The number of rotatable bonds is 6. The van der Waals surface area contributed by atoms with Crippen LogP contribution < -0.4 is 15.2 Å². The highest BCUT2D eigenvalue weighted by atomic mass is 19.4. The predicted octanol–water partition coefficient (Wildman–Crippen LogP) is 5.04. The van der Waals surface area contributed by atoms with E-state index < -0.39 is 28.7 Å². The van der Waals surface area contributed by atoms with Crippen LogP contribution in [0.1, 0.15) is 28.8 Å². The Bertz CT molecular complexity index is 1770. The van der Waals surface area contributed by atoms with E-state index in [2.05, 4.69) is 9.88 Å². The van der Waals surface area contributed by atoms with Gasteiger partial charge in [0.2, 0.25) is 0 Å². The molecule has 1 aliphatic carbocycles. The second kappa shape index (κ2) is 9.62. The number of hydrogen-bond acceptors (Lipinski definition) is 7. The fraction of sp³-hybridized carbons (Fsp3) is 0.367. The molecule has 0 radical (unpaired) electrons. The maximum absolute atomic E-state index is 14.4. The molecule has 4 aromatic rings. The summed E-state index contributed by atoms with van der Waals surface area (Å²) in [7, 11) is 1.54. The molecule has 42 heavy (non-hydrogen) atoms. The molecule has 0 amide bonds. The molecule has 7 rings (SSSR count). The van der Waals surface area contributed by atoms with Gasteiger partial charge in [0.05, 0.1) is 17.4 Å². The third-order valence-corrected chi connectivity index (χ3v) is 8.59. The number of anilines is 2. The van der Waals surface area contributed by atoms with Gasteiger partial charge in [-0.15, -0.1) is 0 Å². The van der Waals surface area contributed by atoms with Crippen LogP contribution in [-0.2, 0) is 10.9 Å². The molecule has 2 saturated heterocycles. The Hall–Kier alpha value is -4.32. The molecule has 3 aliphatic rings. The lowest BCUT2D eigenvalue weighted by molar-refractivity contribution is -0.137. The first-order valence-electron chi connectivity index (χ1n) is 13.7. The van der Waals surface area contributed by atoms with Crippen molar-refractivity contribution in [2.24, 2.45) is 11.8 Å². The van der Waals surface area contributed by atoms with Crippen molar-refractivity contribution in [2.45, 2.75) is 25.1 Å². The summed E-state index contributed by atoms with van der Waals surface area (Å²) in [5.74, 6) is -0.0915. The molecular formula is C30H27F3N4O5. The third-order valence-electron chi connectivity index (χ3n) is 8.59. The lowest BCUT2D eigenvalue weighted by Gasteiger charge is -2.24. The third kappa shape index (κ3) is 4.59. The highest BCUT2D eigenvalue weighted by molar-refractivity contribution is 5.88. The van der Waals surface area contributed by atoms with Gasteiger partial charge in [0, 0.05) is 63.0 Å². The number of carboxylic acid groups (broad SMARTS) is 1. The van der Waals surface area contributed by atoms with E-state index in [0.29, 0.717) is 54.1 Å².